The SMILES string of the molecule is Cc1cccnc1NC(=O)NC(C)C1CCCO1. The average Bonchev–Trinajstić information content (AvgIpc) is 2.85. The topological polar surface area (TPSA) is 63.2 Å². The van der Waals surface area contributed by atoms with E-state index in [1.165, 1.54) is 0 Å². The van der Waals surface area contributed by atoms with Gasteiger partial charge in [-0.05, 0) is 38.3 Å². The Morgan fingerprint density at radius 1 is 1.61 bits per heavy atom. The van der Waals surface area contributed by atoms with Crippen molar-refractivity contribution in [1.82, 2.24) is 10.3 Å². The molecule has 2 rings (SSSR count). The van der Waals surface area contributed by atoms with Gasteiger partial charge in [0.05, 0.1) is 12.1 Å². The third kappa shape index (κ3) is 3.20. The molecule has 0 saturated carbocycles. The number of aromatic nitrogens is 1. The van der Waals surface area contributed by atoms with Crippen LogP contribution in [0, 0.1) is 6.92 Å². The van der Waals surface area contributed by atoms with Gasteiger partial charge in [0, 0.05) is 12.8 Å². The van der Waals surface area contributed by atoms with E-state index in [1.54, 1.807) is 6.20 Å². The lowest BCUT2D eigenvalue weighted by atomic mass is 10.1. The van der Waals surface area contributed by atoms with Crippen molar-refractivity contribution in [3.63, 3.8) is 0 Å². The minimum atomic E-state index is -0.236. The van der Waals surface area contributed by atoms with Gasteiger partial charge in [-0.1, -0.05) is 6.07 Å². The van der Waals surface area contributed by atoms with Gasteiger partial charge in [-0.15, -0.1) is 0 Å². The molecule has 1 aliphatic rings. The number of hydrogen-bond donors (Lipinski definition) is 2. The van der Waals surface area contributed by atoms with E-state index in [4.69, 9.17) is 4.74 Å². The molecule has 2 heterocycles. The Balaban J connectivity index is 1.86. The first-order chi connectivity index (χ1) is 8.66. The van der Waals surface area contributed by atoms with Crippen molar-refractivity contribution < 1.29 is 9.53 Å². The summed E-state index contributed by atoms with van der Waals surface area (Å²) in [6.07, 6.45) is 3.86. The normalized spacial score (nSPS) is 20.4. The number of amides is 2. The van der Waals surface area contributed by atoms with Gasteiger partial charge in [0.2, 0.25) is 0 Å². The van der Waals surface area contributed by atoms with E-state index >= 15 is 0 Å². The first-order valence-corrected chi connectivity index (χ1v) is 6.27. The third-order valence-corrected chi connectivity index (χ3v) is 3.12. The number of ether oxygens (including phenoxy) is 1. The summed E-state index contributed by atoms with van der Waals surface area (Å²) < 4.78 is 5.53. The summed E-state index contributed by atoms with van der Waals surface area (Å²) in [7, 11) is 0. The zero-order chi connectivity index (χ0) is 13.0. The lowest BCUT2D eigenvalue weighted by Gasteiger charge is -2.20. The molecule has 1 aliphatic heterocycles. The van der Waals surface area contributed by atoms with Crippen molar-refractivity contribution in [2.24, 2.45) is 0 Å². The second kappa shape index (κ2) is 5.82. The van der Waals surface area contributed by atoms with E-state index in [0.29, 0.717) is 5.82 Å². The summed E-state index contributed by atoms with van der Waals surface area (Å²) in [5.41, 5.74) is 0.942. The molecular formula is C13H19N3O2. The highest BCUT2D eigenvalue weighted by Crippen LogP contribution is 2.15. The maximum atomic E-state index is 11.8. The van der Waals surface area contributed by atoms with Crippen molar-refractivity contribution in [1.29, 1.82) is 0 Å². The number of carbonyl (C=O) groups excluding carboxylic acids is 1. The fourth-order valence-electron chi connectivity index (χ4n) is 2.06. The van der Waals surface area contributed by atoms with Crippen LogP contribution < -0.4 is 10.6 Å². The molecule has 5 heteroatoms. The monoisotopic (exact) mass is 249 g/mol. The highest BCUT2D eigenvalue weighted by Gasteiger charge is 2.23. The predicted molar refractivity (Wildman–Crippen MR) is 69.6 cm³/mol. The summed E-state index contributed by atoms with van der Waals surface area (Å²) in [6.45, 7) is 4.66. The molecule has 2 amide bonds. The molecule has 18 heavy (non-hydrogen) atoms. The fourth-order valence-corrected chi connectivity index (χ4v) is 2.06. The van der Waals surface area contributed by atoms with E-state index in [2.05, 4.69) is 15.6 Å². The van der Waals surface area contributed by atoms with Gasteiger partial charge in [0.25, 0.3) is 0 Å². The van der Waals surface area contributed by atoms with Crippen molar-refractivity contribution in [2.75, 3.05) is 11.9 Å². The summed E-state index contributed by atoms with van der Waals surface area (Å²) in [5, 5.41) is 5.63. The summed E-state index contributed by atoms with van der Waals surface area (Å²) in [6, 6.07) is 3.52. The van der Waals surface area contributed by atoms with Gasteiger partial charge in [0.1, 0.15) is 5.82 Å². The zero-order valence-electron chi connectivity index (χ0n) is 10.8. The molecule has 98 valence electrons. The molecule has 2 unspecified atom stereocenters. The van der Waals surface area contributed by atoms with E-state index in [9.17, 15) is 4.79 Å². The lowest BCUT2D eigenvalue weighted by Crippen LogP contribution is -2.43. The number of nitrogens with zero attached hydrogens (tertiary/aromatic N) is 1. The van der Waals surface area contributed by atoms with Gasteiger partial charge < -0.3 is 10.1 Å². The molecule has 2 N–H and O–H groups in total. The van der Waals surface area contributed by atoms with Gasteiger partial charge in [-0.2, -0.15) is 0 Å². The second-order valence-corrected chi connectivity index (χ2v) is 4.61. The Hall–Kier alpha value is -1.62. The van der Waals surface area contributed by atoms with E-state index in [1.807, 2.05) is 26.0 Å². The van der Waals surface area contributed by atoms with Crippen molar-refractivity contribution in [3.05, 3.63) is 23.9 Å². The minimum Gasteiger partial charge on any atom is -0.376 e. The van der Waals surface area contributed by atoms with Crippen LogP contribution in [0.4, 0.5) is 10.6 Å². The first-order valence-electron chi connectivity index (χ1n) is 6.27. The highest BCUT2D eigenvalue weighted by atomic mass is 16.5. The molecule has 1 fully saturated rings. The molecule has 2 atom stereocenters. The number of hydrogen-bond acceptors (Lipinski definition) is 3. The van der Waals surface area contributed by atoms with Crippen molar-refractivity contribution in [2.45, 2.75) is 38.8 Å². The number of rotatable bonds is 3. The second-order valence-electron chi connectivity index (χ2n) is 4.61. The fraction of sp³-hybridized carbons (Fsp3) is 0.538. The Labute approximate surface area is 107 Å². The van der Waals surface area contributed by atoms with Crippen LogP contribution >= 0.6 is 0 Å². The van der Waals surface area contributed by atoms with E-state index in [0.717, 1.165) is 25.0 Å². The van der Waals surface area contributed by atoms with Gasteiger partial charge in [0.15, 0.2) is 0 Å². The Bertz CT molecular complexity index is 416. The maximum Gasteiger partial charge on any atom is 0.320 e. The van der Waals surface area contributed by atoms with Crippen molar-refractivity contribution >= 4 is 11.8 Å². The average molecular weight is 249 g/mol. The molecule has 1 aromatic rings. The Morgan fingerprint density at radius 3 is 3.11 bits per heavy atom. The van der Waals surface area contributed by atoms with Crippen LogP contribution in [0.5, 0.6) is 0 Å². The molecule has 0 spiro atoms. The largest absolute Gasteiger partial charge is 0.376 e. The molecule has 0 aromatic carbocycles. The number of carbonyl (C=O) groups is 1. The molecule has 0 radical (unpaired) electrons. The molecule has 0 bridgehead atoms. The summed E-state index contributed by atoms with van der Waals surface area (Å²) in [5.74, 6) is 0.592. The Kier molecular flexibility index (Phi) is 4.15. The predicted octanol–water partition coefficient (Wildman–Crippen LogP) is 2.08. The van der Waals surface area contributed by atoms with Gasteiger partial charge >= 0.3 is 6.03 Å². The van der Waals surface area contributed by atoms with Gasteiger partial charge in [-0.25, -0.2) is 9.78 Å². The number of urea groups is 1. The van der Waals surface area contributed by atoms with Gasteiger partial charge in [-0.3, -0.25) is 5.32 Å². The Morgan fingerprint density at radius 2 is 2.44 bits per heavy atom. The van der Waals surface area contributed by atoms with E-state index < -0.39 is 0 Å². The van der Waals surface area contributed by atoms with Crippen LogP contribution in [0.1, 0.15) is 25.3 Å². The zero-order valence-corrected chi connectivity index (χ0v) is 10.8. The van der Waals surface area contributed by atoms with Crippen molar-refractivity contribution in [3.8, 4) is 0 Å². The molecule has 0 aliphatic carbocycles. The first kappa shape index (κ1) is 12.8. The molecular weight excluding hydrogens is 230 g/mol. The van der Waals surface area contributed by atoms with Crippen LogP contribution in [0.2, 0.25) is 0 Å². The standard InChI is InChI=1S/C13H19N3O2/c1-9-5-3-7-14-12(9)16-13(17)15-10(2)11-6-4-8-18-11/h3,5,7,10-11H,4,6,8H2,1-2H3,(H2,14,15,16,17). The molecule has 1 aromatic heterocycles. The lowest BCUT2D eigenvalue weighted by molar-refractivity contribution is 0.0868. The quantitative estimate of drug-likeness (QED) is 0.862. The van der Waals surface area contributed by atoms with Crippen LogP contribution in [0.25, 0.3) is 0 Å². The third-order valence-electron chi connectivity index (χ3n) is 3.12. The highest BCUT2D eigenvalue weighted by molar-refractivity contribution is 5.89. The molecule has 1 saturated heterocycles. The van der Waals surface area contributed by atoms with E-state index in [-0.39, 0.29) is 18.2 Å². The van der Waals surface area contributed by atoms with Crippen LogP contribution in [0.3, 0.4) is 0 Å². The number of pyridine rings is 1. The van der Waals surface area contributed by atoms with Crippen LogP contribution in [-0.2, 0) is 4.74 Å². The number of anilines is 1. The maximum absolute atomic E-state index is 11.8. The molecule has 5 nitrogen and oxygen atoms in total. The number of aryl methyl sites for hydroxylation is 1. The van der Waals surface area contributed by atoms with Crippen LogP contribution in [0.15, 0.2) is 18.3 Å². The minimum absolute atomic E-state index is 0.0107. The summed E-state index contributed by atoms with van der Waals surface area (Å²) in [4.78, 5) is 15.9. The van der Waals surface area contributed by atoms with Crippen LogP contribution in [-0.4, -0.2) is 29.8 Å². The summed E-state index contributed by atoms with van der Waals surface area (Å²) >= 11 is 0. The smallest absolute Gasteiger partial charge is 0.320 e. The number of nitrogens with one attached hydrogen (secondary N) is 2.